The van der Waals surface area contributed by atoms with Gasteiger partial charge in [-0.25, -0.2) is 19.2 Å². The summed E-state index contributed by atoms with van der Waals surface area (Å²) in [6.07, 6.45) is 0.521. The zero-order valence-electron chi connectivity index (χ0n) is 17.6. The minimum Gasteiger partial charge on any atom is -0.478 e. The predicted molar refractivity (Wildman–Crippen MR) is 112 cm³/mol. The number of carbonyl (C=O) groups is 4. The lowest BCUT2D eigenvalue weighted by molar-refractivity contribution is 0.0621. The third-order valence-electron chi connectivity index (χ3n) is 4.96. The van der Waals surface area contributed by atoms with Gasteiger partial charge in [0.2, 0.25) is 0 Å². The van der Waals surface area contributed by atoms with Crippen LogP contribution in [-0.4, -0.2) is 70.7 Å². The third-order valence-corrected chi connectivity index (χ3v) is 4.96. The Morgan fingerprint density at radius 3 is 1.62 bits per heavy atom. The fourth-order valence-electron chi connectivity index (χ4n) is 3.72. The van der Waals surface area contributed by atoms with Crippen molar-refractivity contribution < 1.29 is 49.1 Å². The Bertz CT molecular complexity index is 1070. The Morgan fingerprint density at radius 1 is 0.688 bits per heavy atom. The highest BCUT2D eigenvalue weighted by Gasteiger charge is 2.34. The monoisotopic (exact) mass is 448 g/mol. The van der Waals surface area contributed by atoms with Crippen molar-refractivity contribution >= 4 is 34.6 Å². The van der Waals surface area contributed by atoms with Crippen molar-refractivity contribution in [2.24, 2.45) is 0 Å². The number of fused-ring (bicyclic) bond motifs is 1. The van der Waals surface area contributed by atoms with Gasteiger partial charge in [-0.3, -0.25) is 0 Å². The van der Waals surface area contributed by atoms with Gasteiger partial charge in [-0.2, -0.15) is 0 Å². The molecule has 0 unspecified atom stereocenters. The topological polar surface area (TPSA) is 168 Å². The molecule has 2 rings (SSSR count). The van der Waals surface area contributed by atoms with Gasteiger partial charge >= 0.3 is 23.9 Å². The molecule has 10 nitrogen and oxygen atoms in total. The van der Waals surface area contributed by atoms with Gasteiger partial charge in [0.1, 0.15) is 0 Å². The molecule has 0 heterocycles. The Morgan fingerprint density at radius 2 is 1.16 bits per heavy atom. The Kier molecular flexibility index (Phi) is 8.27. The summed E-state index contributed by atoms with van der Waals surface area (Å²) < 4.78 is 10.7. The van der Waals surface area contributed by atoms with Crippen LogP contribution in [0.5, 0.6) is 0 Å². The fraction of sp³-hybridized carbons (Fsp3) is 0.364. The number of ether oxygens (including phenoxy) is 2. The number of hydrogen-bond donors (Lipinski definition) is 4. The molecule has 172 valence electrons. The van der Waals surface area contributed by atoms with E-state index < -0.39 is 46.1 Å². The van der Waals surface area contributed by atoms with Crippen LogP contribution in [0.25, 0.3) is 10.8 Å². The van der Waals surface area contributed by atoms with Crippen LogP contribution in [0.15, 0.2) is 12.1 Å². The molecule has 0 saturated carbocycles. The second kappa shape index (κ2) is 10.7. The van der Waals surface area contributed by atoms with E-state index in [1.807, 2.05) is 6.92 Å². The van der Waals surface area contributed by atoms with Gasteiger partial charge in [0.15, 0.2) is 0 Å². The van der Waals surface area contributed by atoms with E-state index in [9.17, 15) is 39.6 Å². The van der Waals surface area contributed by atoms with E-state index >= 15 is 0 Å². The summed E-state index contributed by atoms with van der Waals surface area (Å²) in [5.41, 5.74) is -2.68. The van der Waals surface area contributed by atoms with Gasteiger partial charge < -0.3 is 29.9 Å². The van der Waals surface area contributed by atoms with Gasteiger partial charge in [-0.15, -0.1) is 0 Å². The summed E-state index contributed by atoms with van der Waals surface area (Å²) >= 11 is 0. The number of rotatable bonds is 12. The molecule has 2 aromatic rings. The maximum absolute atomic E-state index is 12.2. The lowest BCUT2D eigenvalue weighted by Gasteiger charge is -2.20. The van der Waals surface area contributed by atoms with Crippen LogP contribution in [0.4, 0.5) is 0 Å². The molecule has 0 fully saturated rings. The molecule has 0 aromatic heterocycles. The molecule has 0 aliphatic heterocycles. The lowest BCUT2D eigenvalue weighted by Crippen LogP contribution is -2.21. The molecule has 32 heavy (non-hydrogen) atoms. The van der Waals surface area contributed by atoms with Crippen LogP contribution in [0, 0.1) is 0 Å². The summed E-state index contributed by atoms with van der Waals surface area (Å²) in [6.45, 7) is 4.89. The van der Waals surface area contributed by atoms with Crippen molar-refractivity contribution in [2.75, 3.05) is 26.4 Å². The number of carboxylic acid groups (broad SMARTS) is 4. The number of hydrogen-bond acceptors (Lipinski definition) is 6. The van der Waals surface area contributed by atoms with Crippen molar-refractivity contribution in [1.29, 1.82) is 0 Å². The largest absolute Gasteiger partial charge is 0.478 e. The quantitative estimate of drug-likeness (QED) is 0.354. The van der Waals surface area contributed by atoms with Crippen LogP contribution in [0.3, 0.4) is 0 Å². The first-order chi connectivity index (χ1) is 15.2. The standard InChI is InChI=1S/C22H24O10/c1-3-31-9-7-11-5-6-13-14(12(11)8-10-32-4-2)16(20(25)26)18(22(29)30)17(21(27)28)15(13)19(23)24/h5-6H,3-4,7-10H2,1-2H3,(H,23,24)(H,25,26)(H,27,28)(H,29,30). The highest BCUT2D eigenvalue weighted by atomic mass is 16.5. The van der Waals surface area contributed by atoms with Gasteiger partial charge in [-0.05, 0) is 43.2 Å². The van der Waals surface area contributed by atoms with E-state index in [-0.39, 0.29) is 23.8 Å². The van der Waals surface area contributed by atoms with E-state index in [1.54, 1.807) is 13.0 Å². The van der Waals surface area contributed by atoms with Crippen molar-refractivity contribution in [3.8, 4) is 0 Å². The first-order valence-electron chi connectivity index (χ1n) is 9.90. The first-order valence-corrected chi connectivity index (χ1v) is 9.90. The maximum Gasteiger partial charge on any atom is 0.337 e. The second-order valence-electron chi connectivity index (χ2n) is 6.74. The SMILES string of the molecule is CCOCCc1ccc2c(C(=O)O)c(C(=O)O)c(C(=O)O)c(C(=O)O)c2c1CCOCC. The molecule has 0 saturated heterocycles. The third kappa shape index (κ3) is 4.87. The fourth-order valence-corrected chi connectivity index (χ4v) is 3.72. The average Bonchev–Trinajstić information content (AvgIpc) is 2.72. The second-order valence-corrected chi connectivity index (χ2v) is 6.74. The van der Waals surface area contributed by atoms with Gasteiger partial charge in [0.25, 0.3) is 0 Å². The molecular weight excluding hydrogens is 424 g/mol. The molecule has 0 aliphatic rings. The minimum atomic E-state index is -1.85. The molecular formula is C22H24O10. The van der Waals surface area contributed by atoms with Crippen molar-refractivity contribution in [3.05, 3.63) is 45.5 Å². The van der Waals surface area contributed by atoms with E-state index in [1.165, 1.54) is 6.07 Å². The van der Waals surface area contributed by atoms with Gasteiger partial charge in [-0.1, -0.05) is 12.1 Å². The number of aromatic carboxylic acids is 4. The summed E-state index contributed by atoms with van der Waals surface area (Å²) in [5, 5.41) is 38.6. The van der Waals surface area contributed by atoms with Crippen LogP contribution in [0.1, 0.15) is 66.4 Å². The number of carboxylic acids is 4. The van der Waals surface area contributed by atoms with Gasteiger partial charge in [0.05, 0.1) is 35.5 Å². The molecule has 0 bridgehead atoms. The van der Waals surface area contributed by atoms with E-state index in [4.69, 9.17) is 9.47 Å². The molecule has 4 N–H and O–H groups in total. The average molecular weight is 448 g/mol. The molecule has 0 radical (unpaired) electrons. The summed E-state index contributed by atoms with van der Waals surface area (Å²) in [7, 11) is 0. The Labute approximate surface area is 183 Å². The summed E-state index contributed by atoms with van der Waals surface area (Å²) in [5.74, 6) is -7.05. The zero-order valence-corrected chi connectivity index (χ0v) is 17.6. The Hall–Kier alpha value is -3.50. The minimum absolute atomic E-state index is 0.119. The predicted octanol–water partition coefficient (Wildman–Crippen LogP) is 2.79. The molecule has 2 aromatic carbocycles. The van der Waals surface area contributed by atoms with Crippen LogP contribution >= 0.6 is 0 Å². The van der Waals surface area contributed by atoms with Crippen molar-refractivity contribution in [2.45, 2.75) is 26.7 Å². The summed E-state index contributed by atoms with van der Waals surface area (Å²) in [6, 6.07) is 2.89. The van der Waals surface area contributed by atoms with E-state index in [0.29, 0.717) is 37.4 Å². The molecule has 10 heteroatoms. The highest BCUT2D eigenvalue weighted by Crippen LogP contribution is 2.36. The molecule has 0 atom stereocenters. The van der Waals surface area contributed by atoms with Crippen LogP contribution < -0.4 is 0 Å². The zero-order chi connectivity index (χ0) is 24.0. The Balaban J connectivity index is 3.09. The van der Waals surface area contributed by atoms with Crippen LogP contribution in [-0.2, 0) is 22.3 Å². The lowest BCUT2D eigenvalue weighted by atomic mass is 9.84. The molecule has 0 aliphatic carbocycles. The highest BCUT2D eigenvalue weighted by molar-refractivity contribution is 6.24. The van der Waals surface area contributed by atoms with Crippen LogP contribution in [0.2, 0.25) is 0 Å². The first kappa shape index (κ1) is 24.8. The van der Waals surface area contributed by atoms with E-state index in [2.05, 4.69) is 0 Å². The van der Waals surface area contributed by atoms with Crippen molar-refractivity contribution in [1.82, 2.24) is 0 Å². The maximum atomic E-state index is 12.2. The smallest absolute Gasteiger partial charge is 0.337 e. The molecule has 0 amide bonds. The van der Waals surface area contributed by atoms with E-state index in [0.717, 1.165) is 0 Å². The normalized spacial score (nSPS) is 10.9. The number of benzene rings is 2. The van der Waals surface area contributed by atoms with Crippen molar-refractivity contribution in [3.63, 3.8) is 0 Å². The molecule has 0 spiro atoms. The summed E-state index contributed by atoms with van der Waals surface area (Å²) in [4.78, 5) is 48.0. The van der Waals surface area contributed by atoms with Gasteiger partial charge in [0, 0.05) is 18.6 Å².